The van der Waals surface area contributed by atoms with Gasteiger partial charge in [-0.05, 0) is 69.0 Å². The van der Waals surface area contributed by atoms with Gasteiger partial charge in [-0.2, -0.15) is 0 Å². The summed E-state index contributed by atoms with van der Waals surface area (Å²) < 4.78 is 0. The summed E-state index contributed by atoms with van der Waals surface area (Å²) in [7, 11) is 0. The van der Waals surface area contributed by atoms with Gasteiger partial charge in [0.05, 0.1) is 22.8 Å². The molecule has 2 aromatic rings. The second-order valence-corrected chi connectivity index (χ2v) is 7.45. The van der Waals surface area contributed by atoms with Gasteiger partial charge in [0.2, 0.25) is 0 Å². The molecular weight excluding hydrogens is 435 g/mol. The molecule has 0 atom stereocenters. The van der Waals surface area contributed by atoms with Gasteiger partial charge in [0, 0.05) is 20.4 Å². The number of benzene rings is 2. The number of rotatable bonds is 10. The Morgan fingerprint density at radius 1 is 0.750 bits per heavy atom. The topological polar surface area (TPSA) is 24.7 Å². The Hall–Kier alpha value is -1.56. The summed E-state index contributed by atoms with van der Waals surface area (Å²) in [6.07, 6.45) is 8.73. The van der Waals surface area contributed by atoms with Crippen molar-refractivity contribution < 1.29 is 20.4 Å². The molecule has 0 unspecified atom stereocenters. The van der Waals surface area contributed by atoms with Gasteiger partial charge in [-0.1, -0.05) is 63.3 Å². The Balaban J connectivity index is 0.00000392. The van der Waals surface area contributed by atoms with Gasteiger partial charge in [0.15, 0.2) is 0 Å². The van der Waals surface area contributed by atoms with Crippen LogP contribution < -0.4 is 0 Å². The van der Waals surface area contributed by atoms with Crippen molar-refractivity contribution in [3.05, 3.63) is 59.7 Å². The standard InChI is InChI=1S/C25H34N2.Pd/c1-5-6-7-8-9-13-16-25(27-23-14-11-10-12-15-23)22(4)26-24-18-20(2)17-21(3)19-24;/h10-12,14-15,17-19H,5-9,13,16H2,1-4H3;/b26-22+,27-25+;. The van der Waals surface area contributed by atoms with E-state index in [0.29, 0.717) is 0 Å². The van der Waals surface area contributed by atoms with Crippen LogP contribution in [0.5, 0.6) is 0 Å². The van der Waals surface area contributed by atoms with E-state index in [1.54, 1.807) is 0 Å². The third-order valence-corrected chi connectivity index (χ3v) is 4.71. The first-order chi connectivity index (χ1) is 13.1. The van der Waals surface area contributed by atoms with Crippen LogP contribution in [0.15, 0.2) is 58.5 Å². The van der Waals surface area contributed by atoms with Crippen LogP contribution in [-0.2, 0) is 20.4 Å². The molecule has 0 aliphatic heterocycles. The van der Waals surface area contributed by atoms with E-state index in [1.165, 1.54) is 49.7 Å². The molecule has 0 amide bonds. The molecule has 154 valence electrons. The zero-order chi connectivity index (χ0) is 19.5. The number of unbranched alkanes of at least 4 members (excludes halogenated alkanes) is 5. The van der Waals surface area contributed by atoms with Crippen LogP contribution in [0, 0.1) is 13.8 Å². The molecule has 3 heteroatoms. The molecule has 0 heterocycles. The molecule has 0 saturated heterocycles. The first-order valence-corrected chi connectivity index (χ1v) is 10.3. The average molecular weight is 469 g/mol. The maximum Gasteiger partial charge on any atom is 0.0638 e. The molecule has 0 spiro atoms. The number of aryl methyl sites for hydroxylation is 2. The molecule has 2 rings (SSSR count). The van der Waals surface area contributed by atoms with Crippen molar-refractivity contribution in [3.63, 3.8) is 0 Å². The summed E-state index contributed by atoms with van der Waals surface area (Å²) in [4.78, 5) is 9.81. The maximum atomic E-state index is 4.92. The van der Waals surface area contributed by atoms with E-state index in [0.717, 1.165) is 29.2 Å². The number of aliphatic imine (C=N–C) groups is 2. The molecule has 0 aliphatic carbocycles. The molecule has 0 saturated carbocycles. The van der Waals surface area contributed by atoms with E-state index in [4.69, 9.17) is 9.98 Å². The molecule has 0 N–H and O–H groups in total. The third kappa shape index (κ3) is 9.09. The first-order valence-electron chi connectivity index (χ1n) is 10.3. The van der Waals surface area contributed by atoms with Gasteiger partial charge in [0.1, 0.15) is 0 Å². The van der Waals surface area contributed by atoms with Gasteiger partial charge in [0.25, 0.3) is 0 Å². The second kappa shape index (κ2) is 13.6. The van der Waals surface area contributed by atoms with Crippen molar-refractivity contribution in [2.75, 3.05) is 0 Å². The Labute approximate surface area is 185 Å². The van der Waals surface area contributed by atoms with Crippen LogP contribution >= 0.6 is 0 Å². The quantitative estimate of drug-likeness (QED) is 0.192. The number of para-hydroxylation sites is 1. The molecule has 0 aromatic heterocycles. The van der Waals surface area contributed by atoms with Crippen molar-refractivity contribution in [1.82, 2.24) is 0 Å². The fourth-order valence-corrected chi connectivity index (χ4v) is 3.32. The van der Waals surface area contributed by atoms with E-state index < -0.39 is 0 Å². The first kappa shape index (κ1) is 24.5. The van der Waals surface area contributed by atoms with Crippen LogP contribution in [0.2, 0.25) is 0 Å². The Bertz CT molecular complexity index is 743. The minimum atomic E-state index is 0. The fraction of sp³-hybridized carbons (Fsp3) is 0.440. The maximum absolute atomic E-state index is 4.92. The van der Waals surface area contributed by atoms with Crippen LogP contribution in [0.25, 0.3) is 0 Å². The predicted octanol–water partition coefficient (Wildman–Crippen LogP) is 7.92. The number of hydrogen-bond acceptors (Lipinski definition) is 2. The van der Waals surface area contributed by atoms with Crippen molar-refractivity contribution in [2.45, 2.75) is 72.6 Å². The molecule has 28 heavy (non-hydrogen) atoms. The monoisotopic (exact) mass is 468 g/mol. The summed E-state index contributed by atoms with van der Waals surface area (Å²) in [5, 5.41) is 0. The second-order valence-electron chi connectivity index (χ2n) is 7.45. The summed E-state index contributed by atoms with van der Waals surface area (Å²) in [6, 6.07) is 16.7. The summed E-state index contributed by atoms with van der Waals surface area (Å²) in [5.74, 6) is 0. The SMILES string of the molecule is CCCCCCCCC(=N\c1ccccc1)/C(C)=N/c1cc(C)cc(C)c1.[Pd]. The minimum Gasteiger partial charge on any atom is -0.252 e. The molecule has 2 aromatic carbocycles. The normalized spacial score (nSPS) is 12.0. The van der Waals surface area contributed by atoms with Crippen molar-refractivity contribution in [1.29, 1.82) is 0 Å². The minimum absolute atomic E-state index is 0. The summed E-state index contributed by atoms with van der Waals surface area (Å²) in [6.45, 7) is 8.60. The van der Waals surface area contributed by atoms with E-state index >= 15 is 0 Å². The smallest absolute Gasteiger partial charge is 0.0638 e. The Morgan fingerprint density at radius 2 is 1.36 bits per heavy atom. The Kier molecular flexibility index (Phi) is 11.9. The van der Waals surface area contributed by atoms with Gasteiger partial charge in [-0.3, -0.25) is 9.98 Å². The van der Waals surface area contributed by atoms with Gasteiger partial charge in [-0.15, -0.1) is 0 Å². The van der Waals surface area contributed by atoms with Gasteiger partial charge >= 0.3 is 0 Å². The van der Waals surface area contributed by atoms with E-state index in [9.17, 15) is 0 Å². The molecular formula is C25H34N2Pd. The molecule has 0 bridgehead atoms. The summed E-state index contributed by atoms with van der Waals surface area (Å²) >= 11 is 0. The molecule has 2 nitrogen and oxygen atoms in total. The fourth-order valence-electron chi connectivity index (χ4n) is 3.32. The Morgan fingerprint density at radius 3 is 2.00 bits per heavy atom. The largest absolute Gasteiger partial charge is 0.252 e. The number of hydrogen-bond donors (Lipinski definition) is 0. The van der Waals surface area contributed by atoms with Crippen molar-refractivity contribution in [3.8, 4) is 0 Å². The van der Waals surface area contributed by atoms with E-state index in [-0.39, 0.29) is 20.4 Å². The molecule has 0 radical (unpaired) electrons. The zero-order valence-electron chi connectivity index (χ0n) is 17.8. The van der Waals surface area contributed by atoms with Gasteiger partial charge in [-0.25, -0.2) is 0 Å². The predicted molar refractivity (Wildman–Crippen MR) is 120 cm³/mol. The van der Waals surface area contributed by atoms with Crippen LogP contribution in [0.1, 0.15) is 69.9 Å². The van der Waals surface area contributed by atoms with E-state index in [2.05, 4.69) is 58.0 Å². The molecule has 0 fully saturated rings. The van der Waals surface area contributed by atoms with Crippen LogP contribution in [0.3, 0.4) is 0 Å². The number of nitrogens with zero attached hydrogens (tertiary/aromatic N) is 2. The van der Waals surface area contributed by atoms with E-state index in [1.807, 2.05) is 18.2 Å². The summed E-state index contributed by atoms with van der Waals surface area (Å²) in [5.41, 5.74) is 6.66. The third-order valence-electron chi connectivity index (χ3n) is 4.71. The molecule has 0 aliphatic rings. The van der Waals surface area contributed by atoms with Crippen molar-refractivity contribution in [2.24, 2.45) is 9.98 Å². The van der Waals surface area contributed by atoms with Crippen LogP contribution in [-0.4, -0.2) is 11.4 Å². The van der Waals surface area contributed by atoms with Crippen LogP contribution in [0.4, 0.5) is 11.4 Å². The van der Waals surface area contributed by atoms with Gasteiger partial charge < -0.3 is 0 Å². The average Bonchev–Trinajstić information content (AvgIpc) is 2.63. The van der Waals surface area contributed by atoms with Crippen molar-refractivity contribution >= 4 is 22.8 Å². The zero-order valence-corrected chi connectivity index (χ0v) is 19.3.